The summed E-state index contributed by atoms with van der Waals surface area (Å²) in [6.45, 7) is 2.56. The van der Waals surface area contributed by atoms with E-state index < -0.39 is 24.3 Å². The molecule has 3 N–H and O–H groups in total. The zero-order chi connectivity index (χ0) is 26.8. The van der Waals surface area contributed by atoms with Crippen LogP contribution in [-0.2, 0) is 20.9 Å². The second-order valence-electron chi connectivity index (χ2n) is 6.42. The lowest BCUT2D eigenvalue weighted by molar-refractivity contribution is -0.193. The number of fused-ring (bicyclic) bond motifs is 1. The predicted octanol–water partition coefficient (Wildman–Crippen LogP) is 4.04. The maximum absolute atomic E-state index is 12.0. The van der Waals surface area contributed by atoms with Gasteiger partial charge in [0.1, 0.15) is 11.6 Å². The number of anilines is 1. The van der Waals surface area contributed by atoms with Crippen LogP contribution in [0.15, 0.2) is 48.7 Å². The highest BCUT2D eigenvalue weighted by atomic mass is 19.4. The Balaban J connectivity index is 0.000000362. The van der Waals surface area contributed by atoms with Crippen molar-refractivity contribution >= 4 is 34.7 Å². The summed E-state index contributed by atoms with van der Waals surface area (Å²) in [6.07, 6.45) is -8.12. The first kappa shape index (κ1) is 28.9. The molecule has 0 aliphatic rings. The molecule has 9 nitrogen and oxygen atoms in total. The highest BCUT2D eigenvalue weighted by molar-refractivity contribution is 5.89. The maximum atomic E-state index is 12.0. The Morgan fingerprint density at radius 3 is 1.91 bits per heavy atom. The number of alkyl halides is 6. The number of imidazole rings is 1. The molecule has 3 rings (SSSR count). The van der Waals surface area contributed by atoms with Crippen LogP contribution < -0.4 is 5.32 Å². The van der Waals surface area contributed by atoms with E-state index in [1.165, 1.54) is 0 Å². The molecule has 0 aliphatic heterocycles. The molecule has 3 aromatic rings. The average molecular weight is 508 g/mol. The van der Waals surface area contributed by atoms with Crippen molar-refractivity contribution in [3.8, 4) is 0 Å². The summed E-state index contributed by atoms with van der Waals surface area (Å²) < 4.78 is 65.5. The van der Waals surface area contributed by atoms with Gasteiger partial charge in [0, 0.05) is 19.2 Å². The Labute approximate surface area is 193 Å². The number of carbonyl (C=O) groups excluding carboxylic acids is 1. The van der Waals surface area contributed by atoms with Crippen molar-refractivity contribution < 1.29 is 50.9 Å². The van der Waals surface area contributed by atoms with E-state index in [9.17, 15) is 31.1 Å². The predicted molar refractivity (Wildman–Crippen MR) is 109 cm³/mol. The van der Waals surface area contributed by atoms with Crippen LogP contribution in [0.1, 0.15) is 12.2 Å². The second-order valence-corrected chi connectivity index (χ2v) is 6.42. The molecule has 0 saturated carbocycles. The number of carbonyl (C=O) groups is 3. The van der Waals surface area contributed by atoms with Gasteiger partial charge in [-0.3, -0.25) is 4.79 Å². The number of hydrogen-bond donors (Lipinski definition) is 3. The van der Waals surface area contributed by atoms with Crippen LogP contribution in [0.3, 0.4) is 0 Å². The molecule has 1 amide bonds. The van der Waals surface area contributed by atoms with Crippen molar-refractivity contribution in [1.82, 2.24) is 14.5 Å². The quantitative estimate of drug-likeness (QED) is 0.453. The van der Waals surface area contributed by atoms with Crippen LogP contribution in [0.2, 0.25) is 0 Å². The fourth-order valence-corrected chi connectivity index (χ4v) is 2.33. The number of benzene rings is 1. The smallest absolute Gasteiger partial charge is 0.475 e. The number of nitrogens with one attached hydrogen (secondary N) is 1. The number of aliphatic carboxylic acids is 2. The van der Waals surface area contributed by atoms with E-state index in [0.717, 1.165) is 16.9 Å². The first-order chi connectivity index (χ1) is 16.1. The molecule has 2 aromatic heterocycles. The first-order valence-corrected chi connectivity index (χ1v) is 9.36. The minimum atomic E-state index is -5.08. The molecule has 0 unspecified atom stereocenters. The first-order valence-electron chi connectivity index (χ1n) is 9.36. The zero-order valence-corrected chi connectivity index (χ0v) is 17.8. The highest BCUT2D eigenvalue weighted by Gasteiger charge is 2.38. The minimum Gasteiger partial charge on any atom is -0.475 e. The van der Waals surface area contributed by atoms with Crippen molar-refractivity contribution in [2.45, 2.75) is 32.2 Å². The van der Waals surface area contributed by atoms with Gasteiger partial charge in [0.05, 0.1) is 11.0 Å². The van der Waals surface area contributed by atoms with Crippen molar-refractivity contribution in [3.05, 3.63) is 54.5 Å². The van der Waals surface area contributed by atoms with Gasteiger partial charge in [-0.25, -0.2) is 19.6 Å². The normalized spacial score (nSPS) is 10.9. The van der Waals surface area contributed by atoms with Crippen LogP contribution in [0.5, 0.6) is 0 Å². The molecule has 0 aliphatic carbocycles. The standard InChI is InChI=1S/C16H16N4O.2C2HF3O2/c1-12-18-13-6-2-3-7-14(13)20(12)11-9-16(21)19-15-8-4-5-10-17-15;2*3-2(4,5)1(6)7/h2-8,10H,9,11H2,1H3,(H,17,19,21);2*(H,6,7). The molecule has 0 fully saturated rings. The number of hydrogen-bond acceptors (Lipinski definition) is 5. The van der Waals surface area contributed by atoms with Gasteiger partial charge < -0.3 is 20.1 Å². The van der Waals surface area contributed by atoms with Crippen molar-refractivity contribution in [2.24, 2.45) is 0 Å². The molecule has 2 heterocycles. The van der Waals surface area contributed by atoms with Gasteiger partial charge in [-0.05, 0) is 31.2 Å². The number of carboxylic acid groups (broad SMARTS) is 2. The van der Waals surface area contributed by atoms with Crippen LogP contribution in [0, 0.1) is 6.92 Å². The summed E-state index contributed by atoms with van der Waals surface area (Å²) in [4.78, 5) is 38.3. The Kier molecular flexibility index (Phi) is 10.2. The number of carboxylic acids is 2. The van der Waals surface area contributed by atoms with Gasteiger partial charge in [0.2, 0.25) is 5.91 Å². The summed E-state index contributed by atoms with van der Waals surface area (Å²) >= 11 is 0. The molecule has 0 bridgehead atoms. The van der Waals surface area contributed by atoms with E-state index in [0.29, 0.717) is 18.8 Å². The third kappa shape index (κ3) is 10.1. The Bertz CT molecular complexity index is 1120. The maximum Gasteiger partial charge on any atom is 0.490 e. The number of amides is 1. The Hall–Kier alpha value is -4.17. The molecule has 0 spiro atoms. The van der Waals surface area contributed by atoms with E-state index in [2.05, 4.69) is 19.9 Å². The molecule has 0 atom stereocenters. The van der Waals surface area contributed by atoms with Crippen LogP contribution in [0.4, 0.5) is 32.2 Å². The van der Waals surface area contributed by atoms with Crippen LogP contribution in [-0.4, -0.2) is 54.9 Å². The van der Waals surface area contributed by atoms with Gasteiger partial charge in [-0.15, -0.1) is 0 Å². The number of para-hydroxylation sites is 2. The van der Waals surface area contributed by atoms with Crippen molar-refractivity contribution in [2.75, 3.05) is 5.32 Å². The van der Waals surface area contributed by atoms with Gasteiger partial charge in [-0.1, -0.05) is 18.2 Å². The second kappa shape index (κ2) is 12.3. The lowest BCUT2D eigenvalue weighted by Gasteiger charge is -2.07. The molecular formula is C20H18F6N4O5. The number of rotatable bonds is 4. The topological polar surface area (TPSA) is 134 Å². The fourth-order valence-electron chi connectivity index (χ4n) is 2.33. The van der Waals surface area contributed by atoms with E-state index in [1.54, 1.807) is 12.3 Å². The zero-order valence-electron chi connectivity index (χ0n) is 17.8. The molecule has 0 saturated heterocycles. The molecule has 190 valence electrons. The molecule has 0 radical (unpaired) electrons. The highest BCUT2D eigenvalue weighted by Crippen LogP contribution is 2.16. The lowest BCUT2D eigenvalue weighted by atomic mass is 10.3. The van der Waals surface area contributed by atoms with E-state index in [-0.39, 0.29) is 5.91 Å². The summed E-state index contributed by atoms with van der Waals surface area (Å²) in [5, 5.41) is 17.0. The summed E-state index contributed by atoms with van der Waals surface area (Å²) in [5.74, 6) is -4.07. The number of pyridine rings is 1. The molecule has 35 heavy (non-hydrogen) atoms. The molecule has 1 aromatic carbocycles. The van der Waals surface area contributed by atoms with Gasteiger partial charge in [0.15, 0.2) is 0 Å². The van der Waals surface area contributed by atoms with E-state index in [4.69, 9.17) is 19.8 Å². The number of aryl methyl sites for hydroxylation is 2. The van der Waals surface area contributed by atoms with E-state index in [1.807, 2.05) is 43.3 Å². The summed E-state index contributed by atoms with van der Waals surface area (Å²) in [5.41, 5.74) is 2.01. The monoisotopic (exact) mass is 508 g/mol. The SMILES string of the molecule is Cc1nc2ccccc2n1CCC(=O)Nc1ccccn1.O=C(O)C(F)(F)F.O=C(O)C(F)(F)F. The number of nitrogens with zero attached hydrogens (tertiary/aromatic N) is 3. The average Bonchev–Trinajstić information content (AvgIpc) is 3.07. The van der Waals surface area contributed by atoms with Gasteiger partial charge in [0.25, 0.3) is 0 Å². The minimum absolute atomic E-state index is 0.0501. The molecule has 15 heteroatoms. The van der Waals surface area contributed by atoms with Gasteiger partial charge in [-0.2, -0.15) is 26.3 Å². The van der Waals surface area contributed by atoms with Crippen LogP contribution >= 0.6 is 0 Å². The third-order valence-electron chi connectivity index (χ3n) is 3.83. The Morgan fingerprint density at radius 2 is 1.43 bits per heavy atom. The fraction of sp³-hybridized carbons (Fsp3) is 0.250. The molecular weight excluding hydrogens is 490 g/mol. The summed E-state index contributed by atoms with van der Waals surface area (Å²) in [7, 11) is 0. The van der Waals surface area contributed by atoms with Crippen LogP contribution in [0.25, 0.3) is 11.0 Å². The lowest BCUT2D eigenvalue weighted by Crippen LogP contribution is -2.21. The Morgan fingerprint density at radius 1 is 0.914 bits per heavy atom. The van der Waals surface area contributed by atoms with E-state index >= 15 is 0 Å². The third-order valence-corrected chi connectivity index (χ3v) is 3.83. The summed E-state index contributed by atoms with van der Waals surface area (Å²) in [6, 6.07) is 13.4. The van der Waals surface area contributed by atoms with Crippen molar-refractivity contribution in [3.63, 3.8) is 0 Å². The number of aromatic nitrogens is 3. The largest absolute Gasteiger partial charge is 0.490 e. The van der Waals surface area contributed by atoms with Crippen molar-refractivity contribution in [1.29, 1.82) is 0 Å². The number of halogens is 6. The van der Waals surface area contributed by atoms with Gasteiger partial charge >= 0.3 is 24.3 Å².